The number of hydrogen-bond donors (Lipinski definition) is 2. The van der Waals surface area contributed by atoms with E-state index in [1.807, 2.05) is 0 Å². The van der Waals surface area contributed by atoms with Crippen molar-refractivity contribution >= 4 is 40.0 Å². The van der Waals surface area contributed by atoms with E-state index in [0.717, 1.165) is 0 Å². The molecular weight excluding hydrogens is 338 g/mol. The Bertz CT molecular complexity index is 651. The maximum Gasteiger partial charge on any atom is 0.341 e. The summed E-state index contributed by atoms with van der Waals surface area (Å²) in [5, 5.41) is 13.6. The molecule has 2 aromatic rings. The number of amides is 1. The van der Waals surface area contributed by atoms with Gasteiger partial charge in [0.05, 0.1) is 25.2 Å². The largest absolute Gasteiger partial charge is 0.464 e. The highest BCUT2D eigenvalue weighted by molar-refractivity contribution is 7.99. The van der Waals surface area contributed by atoms with Gasteiger partial charge in [-0.25, -0.2) is 4.79 Å². The molecule has 23 heavy (non-hydrogen) atoms. The minimum absolute atomic E-state index is 0.0215. The number of aliphatic hydroxyl groups is 1. The highest BCUT2D eigenvalue weighted by Gasteiger charge is 2.23. The summed E-state index contributed by atoms with van der Waals surface area (Å²) in [5.74, 6) is 0.497. The first-order valence-electron chi connectivity index (χ1n) is 6.98. The minimum Gasteiger partial charge on any atom is -0.464 e. The third-order valence-corrected chi connectivity index (χ3v) is 4.61. The van der Waals surface area contributed by atoms with Crippen LogP contribution in [0.25, 0.3) is 11.3 Å². The summed E-state index contributed by atoms with van der Waals surface area (Å²) >= 11 is 2.56. The van der Waals surface area contributed by atoms with E-state index in [9.17, 15) is 9.59 Å². The van der Waals surface area contributed by atoms with E-state index in [4.69, 9.17) is 14.3 Å². The van der Waals surface area contributed by atoms with Gasteiger partial charge in [-0.2, -0.15) is 0 Å². The summed E-state index contributed by atoms with van der Waals surface area (Å²) in [5.41, 5.74) is 0.893. The number of carbonyl (C=O) groups is 2. The molecule has 1 amide bonds. The summed E-state index contributed by atoms with van der Waals surface area (Å²) in [6, 6.07) is 3.47. The topological polar surface area (TPSA) is 88.8 Å². The van der Waals surface area contributed by atoms with Crippen molar-refractivity contribution < 1.29 is 23.8 Å². The number of nitrogens with one attached hydrogen (secondary N) is 1. The molecule has 0 aliphatic rings. The molecule has 2 N–H and O–H groups in total. The van der Waals surface area contributed by atoms with Crippen LogP contribution < -0.4 is 5.32 Å². The second kappa shape index (κ2) is 8.76. The van der Waals surface area contributed by atoms with E-state index in [0.29, 0.717) is 27.6 Å². The minimum atomic E-state index is -0.501. The maximum absolute atomic E-state index is 12.2. The Balaban J connectivity index is 2.22. The average molecular weight is 355 g/mol. The zero-order chi connectivity index (χ0) is 16.7. The first kappa shape index (κ1) is 17.6. The number of carbonyl (C=O) groups excluding carboxylic acids is 2. The number of esters is 1. The van der Waals surface area contributed by atoms with E-state index in [2.05, 4.69) is 5.32 Å². The van der Waals surface area contributed by atoms with Gasteiger partial charge in [-0.15, -0.1) is 23.1 Å². The second-order valence-electron chi connectivity index (χ2n) is 4.38. The molecule has 2 aromatic heterocycles. The van der Waals surface area contributed by atoms with Crippen LogP contribution in [0.1, 0.15) is 17.3 Å². The number of hydrogen-bond acceptors (Lipinski definition) is 7. The van der Waals surface area contributed by atoms with E-state index in [1.54, 1.807) is 24.4 Å². The number of aliphatic hydroxyl groups excluding tert-OH is 1. The van der Waals surface area contributed by atoms with Crippen molar-refractivity contribution in [3.05, 3.63) is 29.3 Å². The molecule has 0 unspecified atom stereocenters. The van der Waals surface area contributed by atoms with E-state index < -0.39 is 5.97 Å². The lowest BCUT2D eigenvalue weighted by Crippen LogP contribution is -2.16. The molecule has 0 atom stereocenters. The molecule has 0 spiro atoms. The third-order valence-electron chi connectivity index (χ3n) is 2.78. The van der Waals surface area contributed by atoms with Gasteiger partial charge >= 0.3 is 5.97 Å². The lowest BCUT2D eigenvalue weighted by atomic mass is 10.1. The number of furan rings is 1. The van der Waals surface area contributed by atoms with Gasteiger partial charge in [-0.05, 0) is 19.1 Å². The molecule has 8 heteroatoms. The van der Waals surface area contributed by atoms with Gasteiger partial charge in [0.1, 0.15) is 16.3 Å². The van der Waals surface area contributed by atoms with Gasteiger partial charge in [0.2, 0.25) is 5.91 Å². The standard InChI is InChI=1S/C15H17NO5S2/c1-2-20-15(19)13-10(11-4-3-6-21-11)8-23-14(13)16-12(18)9-22-7-5-17/h3-4,6,8,17H,2,5,7,9H2,1H3,(H,16,18). The molecule has 0 bridgehead atoms. The molecule has 0 radical (unpaired) electrons. The lowest BCUT2D eigenvalue weighted by molar-refractivity contribution is -0.113. The summed E-state index contributed by atoms with van der Waals surface area (Å²) in [6.07, 6.45) is 1.52. The predicted octanol–water partition coefficient (Wildman–Crippen LogP) is 2.85. The first-order valence-corrected chi connectivity index (χ1v) is 9.01. The molecule has 124 valence electrons. The van der Waals surface area contributed by atoms with Crippen molar-refractivity contribution in [1.29, 1.82) is 0 Å². The Labute approximate surface area is 141 Å². The van der Waals surface area contributed by atoms with Gasteiger partial charge in [0.25, 0.3) is 0 Å². The summed E-state index contributed by atoms with van der Waals surface area (Å²) in [6.45, 7) is 1.99. The Morgan fingerprint density at radius 2 is 2.30 bits per heavy atom. The van der Waals surface area contributed by atoms with E-state index in [1.165, 1.54) is 29.4 Å². The molecule has 6 nitrogen and oxygen atoms in total. The predicted molar refractivity (Wildman–Crippen MR) is 91.0 cm³/mol. The highest BCUT2D eigenvalue weighted by atomic mass is 32.2. The second-order valence-corrected chi connectivity index (χ2v) is 6.36. The lowest BCUT2D eigenvalue weighted by Gasteiger charge is -2.07. The normalized spacial score (nSPS) is 10.5. The smallest absolute Gasteiger partial charge is 0.341 e. The zero-order valence-electron chi connectivity index (χ0n) is 12.5. The number of anilines is 1. The van der Waals surface area contributed by atoms with Gasteiger partial charge in [0.15, 0.2) is 0 Å². The quantitative estimate of drug-likeness (QED) is 0.559. The molecule has 0 aromatic carbocycles. The summed E-state index contributed by atoms with van der Waals surface area (Å²) in [4.78, 5) is 24.2. The molecule has 0 aliphatic heterocycles. The van der Waals surface area contributed by atoms with Crippen LogP contribution in [0.2, 0.25) is 0 Å². The van der Waals surface area contributed by atoms with Crippen LogP contribution in [0, 0.1) is 0 Å². The van der Waals surface area contributed by atoms with Crippen LogP contribution in [-0.2, 0) is 9.53 Å². The first-order chi connectivity index (χ1) is 11.2. The van der Waals surface area contributed by atoms with Crippen LogP contribution in [0.3, 0.4) is 0 Å². The van der Waals surface area contributed by atoms with E-state index >= 15 is 0 Å². The Morgan fingerprint density at radius 3 is 2.96 bits per heavy atom. The average Bonchev–Trinajstić information content (AvgIpc) is 3.16. The van der Waals surface area contributed by atoms with Crippen molar-refractivity contribution in [2.24, 2.45) is 0 Å². The number of rotatable bonds is 8. The van der Waals surface area contributed by atoms with Crippen LogP contribution in [0.15, 0.2) is 28.2 Å². The van der Waals surface area contributed by atoms with Crippen LogP contribution >= 0.6 is 23.1 Å². The fraction of sp³-hybridized carbons (Fsp3) is 0.333. The maximum atomic E-state index is 12.2. The Hall–Kier alpha value is -1.77. The Kier molecular flexibility index (Phi) is 6.69. The fourth-order valence-electron chi connectivity index (χ4n) is 1.86. The molecule has 2 rings (SSSR count). The van der Waals surface area contributed by atoms with E-state index in [-0.39, 0.29) is 24.9 Å². The molecule has 0 saturated carbocycles. The fourth-order valence-corrected chi connectivity index (χ4v) is 3.35. The van der Waals surface area contributed by atoms with Gasteiger partial charge < -0.3 is 19.6 Å². The van der Waals surface area contributed by atoms with Crippen LogP contribution in [0.5, 0.6) is 0 Å². The molecule has 0 saturated heterocycles. The number of thioether (sulfide) groups is 1. The van der Waals surface area contributed by atoms with Crippen LogP contribution in [0.4, 0.5) is 5.00 Å². The SMILES string of the molecule is CCOC(=O)c1c(-c2ccco2)csc1NC(=O)CSCCO. The number of thiophene rings is 1. The molecule has 2 heterocycles. The van der Waals surface area contributed by atoms with Crippen LogP contribution in [-0.4, -0.2) is 41.7 Å². The van der Waals surface area contributed by atoms with Crippen molar-refractivity contribution in [3.63, 3.8) is 0 Å². The number of ether oxygens (including phenoxy) is 1. The molecular formula is C15H17NO5S2. The molecule has 0 aliphatic carbocycles. The third kappa shape index (κ3) is 4.60. The van der Waals surface area contributed by atoms with Crippen molar-refractivity contribution in [2.75, 3.05) is 30.0 Å². The van der Waals surface area contributed by atoms with Crippen molar-refractivity contribution in [1.82, 2.24) is 0 Å². The monoisotopic (exact) mass is 355 g/mol. The van der Waals surface area contributed by atoms with Crippen molar-refractivity contribution in [3.8, 4) is 11.3 Å². The summed E-state index contributed by atoms with van der Waals surface area (Å²) in [7, 11) is 0. The van der Waals surface area contributed by atoms with Gasteiger partial charge in [0, 0.05) is 16.7 Å². The van der Waals surface area contributed by atoms with Crippen molar-refractivity contribution in [2.45, 2.75) is 6.92 Å². The van der Waals surface area contributed by atoms with Gasteiger partial charge in [-0.3, -0.25) is 4.79 Å². The Morgan fingerprint density at radius 1 is 1.48 bits per heavy atom. The summed E-state index contributed by atoms with van der Waals surface area (Å²) < 4.78 is 10.4. The van der Waals surface area contributed by atoms with Gasteiger partial charge in [-0.1, -0.05) is 0 Å². The molecule has 0 fully saturated rings. The zero-order valence-corrected chi connectivity index (χ0v) is 14.2. The highest BCUT2D eigenvalue weighted by Crippen LogP contribution is 2.36.